The number of imidazole rings is 1. The average Bonchev–Trinajstić information content (AvgIpc) is 3.61. The van der Waals surface area contributed by atoms with Crippen LogP contribution in [-0.4, -0.2) is 47.5 Å². The number of ketones is 2. The molecule has 0 aliphatic heterocycles. The first-order chi connectivity index (χ1) is 17.2. The maximum Gasteiger partial charge on any atom is 0.356 e. The number of H-pyrrole nitrogens is 1. The van der Waals surface area contributed by atoms with Crippen molar-refractivity contribution in [2.45, 2.75) is 61.7 Å². The summed E-state index contributed by atoms with van der Waals surface area (Å²) >= 11 is 0.872. The lowest BCUT2D eigenvalue weighted by atomic mass is 9.90. The number of benzene rings is 1. The molecular weight excluding hydrogens is 502 g/mol. The molecule has 0 atom stereocenters. The van der Waals surface area contributed by atoms with Crippen molar-refractivity contribution in [3.05, 3.63) is 58.0 Å². The van der Waals surface area contributed by atoms with E-state index in [1.54, 1.807) is 6.92 Å². The number of carbonyl (C=O) groups excluding carboxylic acids is 3. The molecule has 0 bridgehead atoms. The number of nitrogens with zero attached hydrogens (tertiary/aromatic N) is 2. The highest BCUT2D eigenvalue weighted by Gasteiger charge is 2.28. The van der Waals surface area contributed by atoms with Crippen molar-refractivity contribution in [1.82, 2.24) is 15.0 Å². The van der Waals surface area contributed by atoms with Crippen LogP contribution in [0.5, 0.6) is 0 Å². The Hall–Kier alpha value is -3.18. The Bertz CT molecular complexity index is 1400. The van der Waals surface area contributed by atoms with Crippen molar-refractivity contribution in [2.24, 2.45) is 5.92 Å². The van der Waals surface area contributed by atoms with Gasteiger partial charge in [0.05, 0.1) is 25.4 Å². The van der Waals surface area contributed by atoms with Crippen LogP contribution in [0.25, 0.3) is 0 Å². The molecule has 1 fully saturated rings. The summed E-state index contributed by atoms with van der Waals surface area (Å²) in [6.07, 6.45) is 6.15. The number of aromatic nitrogens is 3. The molecule has 4 rings (SSSR count). The van der Waals surface area contributed by atoms with E-state index in [1.807, 2.05) is 25.1 Å². The predicted octanol–water partition coefficient (Wildman–Crippen LogP) is 3.91. The number of hydrogen-bond donors (Lipinski definition) is 1. The maximum atomic E-state index is 13.1. The van der Waals surface area contributed by atoms with Crippen molar-refractivity contribution in [3.63, 3.8) is 0 Å². The van der Waals surface area contributed by atoms with Gasteiger partial charge in [0.25, 0.3) is 9.84 Å². The molecule has 1 N–H and O–H groups in total. The Kier molecular flexibility index (Phi) is 7.79. The Morgan fingerprint density at radius 3 is 2.58 bits per heavy atom. The SMILES string of the molecule is CCOC(=O)c1cnc(S(=O)(=O)c2cnc(CC(=O)Cc3ccc(C)cc3C(=O)C3CCCC3)s2)[nH]1. The summed E-state index contributed by atoms with van der Waals surface area (Å²) in [6.45, 7) is 3.70. The van der Waals surface area contributed by atoms with Crippen LogP contribution in [0.4, 0.5) is 0 Å². The molecule has 2 heterocycles. The fourth-order valence-corrected chi connectivity index (χ4v) is 6.73. The fraction of sp³-hybridized carbons (Fsp3) is 0.400. The quantitative estimate of drug-likeness (QED) is 0.308. The summed E-state index contributed by atoms with van der Waals surface area (Å²) in [5.74, 6) is -0.760. The van der Waals surface area contributed by atoms with E-state index in [0.29, 0.717) is 16.1 Å². The van der Waals surface area contributed by atoms with Gasteiger partial charge in [-0.25, -0.2) is 23.2 Å². The number of thiazole rings is 1. The average molecular weight is 530 g/mol. The highest BCUT2D eigenvalue weighted by atomic mass is 32.2. The highest BCUT2D eigenvalue weighted by Crippen LogP contribution is 2.30. The lowest BCUT2D eigenvalue weighted by Crippen LogP contribution is -2.16. The predicted molar refractivity (Wildman–Crippen MR) is 132 cm³/mol. The van der Waals surface area contributed by atoms with E-state index in [-0.39, 0.29) is 46.8 Å². The molecule has 0 spiro atoms. The fourth-order valence-electron chi connectivity index (χ4n) is 4.27. The van der Waals surface area contributed by atoms with Crippen molar-refractivity contribution < 1.29 is 27.5 Å². The minimum absolute atomic E-state index is 0.0123. The molecule has 0 radical (unpaired) electrons. The van der Waals surface area contributed by atoms with E-state index in [0.717, 1.165) is 48.8 Å². The number of hydrogen-bond acceptors (Lipinski definition) is 9. The second kappa shape index (κ2) is 10.8. The van der Waals surface area contributed by atoms with E-state index in [4.69, 9.17) is 4.74 Å². The molecule has 0 amide bonds. The van der Waals surface area contributed by atoms with Gasteiger partial charge in [-0.1, -0.05) is 30.5 Å². The molecule has 9 nitrogen and oxygen atoms in total. The molecule has 0 unspecified atom stereocenters. The molecule has 2 aromatic heterocycles. The third kappa shape index (κ3) is 5.62. The van der Waals surface area contributed by atoms with Crippen LogP contribution >= 0.6 is 11.3 Å². The summed E-state index contributed by atoms with van der Waals surface area (Å²) in [4.78, 5) is 48.1. The summed E-state index contributed by atoms with van der Waals surface area (Å²) in [5, 5.41) is -0.0617. The topological polar surface area (TPSA) is 136 Å². The van der Waals surface area contributed by atoms with E-state index in [1.165, 1.54) is 6.20 Å². The van der Waals surface area contributed by atoms with Crippen LogP contribution in [0.1, 0.15) is 69.6 Å². The van der Waals surface area contributed by atoms with Crippen LogP contribution in [0.3, 0.4) is 0 Å². The second-order valence-electron chi connectivity index (χ2n) is 8.80. The first kappa shape index (κ1) is 25.9. The third-order valence-electron chi connectivity index (χ3n) is 6.09. The maximum absolute atomic E-state index is 13.1. The van der Waals surface area contributed by atoms with Crippen LogP contribution in [-0.2, 0) is 32.2 Å². The Morgan fingerprint density at radius 2 is 1.86 bits per heavy atom. The largest absolute Gasteiger partial charge is 0.461 e. The summed E-state index contributed by atoms with van der Waals surface area (Å²) in [6, 6.07) is 5.56. The zero-order chi connectivity index (χ0) is 25.9. The van der Waals surface area contributed by atoms with Gasteiger partial charge in [0.1, 0.15) is 20.7 Å². The first-order valence-corrected chi connectivity index (χ1v) is 14.1. The smallest absolute Gasteiger partial charge is 0.356 e. The molecule has 11 heteroatoms. The molecule has 0 saturated heterocycles. The van der Waals surface area contributed by atoms with Gasteiger partial charge in [-0.3, -0.25) is 9.59 Å². The van der Waals surface area contributed by atoms with Gasteiger partial charge in [0, 0.05) is 17.9 Å². The molecular formula is C25H27N3O6S2. The number of esters is 1. The normalized spacial score (nSPS) is 14.2. The van der Waals surface area contributed by atoms with Crippen molar-refractivity contribution in [2.75, 3.05) is 6.61 Å². The Labute approximate surface area is 213 Å². The van der Waals surface area contributed by atoms with Crippen LogP contribution < -0.4 is 0 Å². The van der Waals surface area contributed by atoms with Crippen LogP contribution in [0, 0.1) is 12.8 Å². The molecule has 1 aromatic carbocycles. The summed E-state index contributed by atoms with van der Waals surface area (Å²) in [5.41, 5.74) is 2.18. The lowest BCUT2D eigenvalue weighted by Gasteiger charge is -2.13. The standard InChI is InChI=1S/C25H27N3O6S2/c1-3-34-24(31)20-13-27-25(28-20)36(32,33)22-14-26-21(35-22)12-18(29)11-17-9-8-15(2)10-19(17)23(30)16-6-4-5-7-16/h8-10,13-14,16H,3-7,11-12H2,1-2H3,(H,27,28). The van der Waals surface area contributed by atoms with Gasteiger partial charge in [-0.05, 0) is 38.3 Å². The monoisotopic (exact) mass is 529 g/mol. The van der Waals surface area contributed by atoms with E-state index >= 15 is 0 Å². The second-order valence-corrected chi connectivity index (χ2v) is 12.0. The lowest BCUT2D eigenvalue weighted by molar-refractivity contribution is -0.117. The third-order valence-corrected chi connectivity index (χ3v) is 9.14. The number of rotatable bonds is 10. The zero-order valence-corrected chi connectivity index (χ0v) is 21.7. The minimum Gasteiger partial charge on any atom is -0.461 e. The number of carbonyl (C=O) groups is 3. The first-order valence-electron chi connectivity index (χ1n) is 11.8. The van der Waals surface area contributed by atoms with Gasteiger partial charge in [-0.15, -0.1) is 11.3 Å². The minimum atomic E-state index is -4.05. The number of sulfone groups is 1. The van der Waals surface area contributed by atoms with Crippen LogP contribution in [0.2, 0.25) is 0 Å². The summed E-state index contributed by atoms with van der Waals surface area (Å²) in [7, 11) is -4.05. The zero-order valence-electron chi connectivity index (χ0n) is 20.1. The van der Waals surface area contributed by atoms with Crippen molar-refractivity contribution >= 4 is 38.7 Å². The van der Waals surface area contributed by atoms with Crippen molar-refractivity contribution in [3.8, 4) is 0 Å². The van der Waals surface area contributed by atoms with Crippen molar-refractivity contribution in [1.29, 1.82) is 0 Å². The van der Waals surface area contributed by atoms with Gasteiger partial charge in [0.2, 0.25) is 5.16 Å². The Balaban J connectivity index is 1.46. The van der Waals surface area contributed by atoms with E-state index in [9.17, 15) is 22.8 Å². The number of nitrogens with one attached hydrogen (secondary N) is 1. The number of Topliss-reactive ketones (excluding diaryl/α,β-unsaturated/α-hetero) is 2. The highest BCUT2D eigenvalue weighted by molar-refractivity contribution is 7.93. The Morgan fingerprint density at radius 1 is 1.11 bits per heavy atom. The van der Waals surface area contributed by atoms with E-state index in [2.05, 4.69) is 15.0 Å². The molecule has 3 aromatic rings. The van der Waals surface area contributed by atoms with E-state index < -0.39 is 21.0 Å². The van der Waals surface area contributed by atoms with Gasteiger partial charge in [-0.2, -0.15) is 0 Å². The molecule has 1 saturated carbocycles. The van der Waals surface area contributed by atoms with Gasteiger partial charge >= 0.3 is 5.97 Å². The van der Waals surface area contributed by atoms with Crippen LogP contribution in [0.15, 0.2) is 40.0 Å². The number of aryl methyl sites for hydroxylation is 1. The molecule has 1 aliphatic carbocycles. The van der Waals surface area contributed by atoms with Gasteiger partial charge in [0.15, 0.2) is 5.78 Å². The van der Waals surface area contributed by atoms with Gasteiger partial charge < -0.3 is 9.72 Å². The number of aromatic amines is 1. The number of ether oxygens (including phenoxy) is 1. The molecule has 190 valence electrons. The molecule has 36 heavy (non-hydrogen) atoms. The molecule has 1 aliphatic rings. The summed E-state index contributed by atoms with van der Waals surface area (Å²) < 4.78 is 30.5.